The molecule has 1 saturated heterocycles. The topological polar surface area (TPSA) is 38.5 Å². The number of ether oxygens (including phenoxy) is 1. The van der Waals surface area contributed by atoms with Crippen LogP contribution < -0.4 is 15.4 Å². The van der Waals surface area contributed by atoms with Gasteiger partial charge in [-0.25, -0.2) is 0 Å². The Bertz CT molecular complexity index is 500. The SMILES string of the molecule is COc1cc(N2CCC(C)CC2)c(C2CCCCC2)cc1N. The molecule has 1 heterocycles. The fourth-order valence-electron chi connectivity index (χ4n) is 4.04. The van der Waals surface area contributed by atoms with Gasteiger partial charge >= 0.3 is 0 Å². The van der Waals surface area contributed by atoms with Crippen LogP contribution in [0.25, 0.3) is 0 Å². The van der Waals surface area contributed by atoms with E-state index in [0.29, 0.717) is 5.92 Å². The standard InChI is InChI=1S/C19H30N2O/c1-14-8-10-21(11-9-14)18-13-19(22-2)17(20)12-16(18)15-6-4-3-5-7-15/h12-15H,3-11,20H2,1-2H3. The molecular weight excluding hydrogens is 272 g/mol. The lowest BCUT2D eigenvalue weighted by Crippen LogP contribution is -2.33. The Labute approximate surface area is 134 Å². The lowest BCUT2D eigenvalue weighted by Gasteiger charge is -2.36. The molecule has 2 fully saturated rings. The Hall–Kier alpha value is -1.38. The van der Waals surface area contributed by atoms with Crippen molar-refractivity contribution in [3.8, 4) is 5.75 Å². The number of hydrogen-bond acceptors (Lipinski definition) is 3. The lowest BCUT2D eigenvalue weighted by molar-refractivity contribution is 0.412. The Kier molecular flexibility index (Phi) is 4.80. The van der Waals surface area contributed by atoms with Gasteiger partial charge in [0.1, 0.15) is 5.75 Å². The van der Waals surface area contributed by atoms with Crippen molar-refractivity contribution < 1.29 is 4.74 Å². The van der Waals surface area contributed by atoms with E-state index in [1.54, 1.807) is 7.11 Å². The van der Waals surface area contributed by atoms with E-state index in [1.807, 2.05) is 0 Å². The van der Waals surface area contributed by atoms with Gasteiger partial charge in [0.05, 0.1) is 12.8 Å². The third-order valence-electron chi connectivity index (χ3n) is 5.55. The van der Waals surface area contributed by atoms with Crippen LogP contribution in [0, 0.1) is 5.92 Å². The van der Waals surface area contributed by atoms with Gasteiger partial charge in [0, 0.05) is 24.8 Å². The minimum absolute atomic E-state index is 0.677. The highest BCUT2D eigenvalue weighted by Crippen LogP contribution is 2.42. The van der Waals surface area contributed by atoms with Gasteiger partial charge in [-0.1, -0.05) is 26.2 Å². The largest absolute Gasteiger partial charge is 0.495 e. The molecule has 0 aromatic heterocycles. The molecule has 3 rings (SSSR count). The third kappa shape index (κ3) is 3.18. The van der Waals surface area contributed by atoms with E-state index in [1.165, 1.54) is 56.2 Å². The van der Waals surface area contributed by atoms with E-state index < -0.39 is 0 Å². The van der Waals surface area contributed by atoms with E-state index in [0.717, 1.165) is 30.4 Å². The number of rotatable bonds is 3. The molecule has 3 heteroatoms. The number of hydrogen-bond donors (Lipinski definition) is 1. The number of anilines is 2. The molecule has 1 saturated carbocycles. The summed E-state index contributed by atoms with van der Waals surface area (Å²) >= 11 is 0. The van der Waals surface area contributed by atoms with Crippen LogP contribution in [-0.2, 0) is 0 Å². The van der Waals surface area contributed by atoms with Gasteiger partial charge in [0.25, 0.3) is 0 Å². The van der Waals surface area contributed by atoms with Gasteiger partial charge < -0.3 is 15.4 Å². The summed E-state index contributed by atoms with van der Waals surface area (Å²) in [5, 5.41) is 0. The van der Waals surface area contributed by atoms with Gasteiger partial charge in [-0.2, -0.15) is 0 Å². The van der Waals surface area contributed by atoms with E-state index in [-0.39, 0.29) is 0 Å². The normalized spacial score (nSPS) is 21.1. The van der Waals surface area contributed by atoms with Crippen LogP contribution >= 0.6 is 0 Å². The zero-order valence-electron chi connectivity index (χ0n) is 14.1. The number of piperidine rings is 1. The summed E-state index contributed by atoms with van der Waals surface area (Å²) in [5.41, 5.74) is 9.85. The fraction of sp³-hybridized carbons (Fsp3) is 0.684. The molecular formula is C19H30N2O. The second kappa shape index (κ2) is 6.80. The number of benzene rings is 1. The lowest BCUT2D eigenvalue weighted by atomic mass is 9.82. The van der Waals surface area contributed by atoms with Crippen molar-refractivity contribution in [1.82, 2.24) is 0 Å². The Balaban J connectivity index is 1.93. The van der Waals surface area contributed by atoms with E-state index in [9.17, 15) is 0 Å². The smallest absolute Gasteiger partial charge is 0.143 e. The number of nitrogens with two attached hydrogens (primary N) is 1. The van der Waals surface area contributed by atoms with Crippen LogP contribution in [0.3, 0.4) is 0 Å². The van der Waals surface area contributed by atoms with Crippen LogP contribution in [0.4, 0.5) is 11.4 Å². The van der Waals surface area contributed by atoms with Crippen LogP contribution in [0.1, 0.15) is 63.4 Å². The molecule has 1 aliphatic carbocycles. The van der Waals surface area contributed by atoms with Crippen LogP contribution in [-0.4, -0.2) is 20.2 Å². The maximum Gasteiger partial charge on any atom is 0.143 e. The predicted octanol–water partition coefficient (Wildman–Crippen LogP) is 4.56. The van der Waals surface area contributed by atoms with E-state index >= 15 is 0 Å². The molecule has 1 aromatic rings. The quantitative estimate of drug-likeness (QED) is 0.832. The predicted molar refractivity (Wildman–Crippen MR) is 93.8 cm³/mol. The first kappa shape index (κ1) is 15.5. The molecule has 1 aromatic carbocycles. The summed E-state index contributed by atoms with van der Waals surface area (Å²) in [6, 6.07) is 4.39. The molecule has 0 unspecified atom stereocenters. The van der Waals surface area contributed by atoms with Gasteiger partial charge in [-0.15, -0.1) is 0 Å². The summed E-state index contributed by atoms with van der Waals surface area (Å²) < 4.78 is 5.49. The van der Waals surface area contributed by atoms with Gasteiger partial charge in [0.15, 0.2) is 0 Å². The summed E-state index contributed by atoms with van der Waals surface area (Å²) in [5.74, 6) is 2.36. The average molecular weight is 302 g/mol. The van der Waals surface area contributed by atoms with Crippen molar-refractivity contribution in [2.24, 2.45) is 5.92 Å². The molecule has 2 N–H and O–H groups in total. The molecule has 122 valence electrons. The highest BCUT2D eigenvalue weighted by molar-refractivity contribution is 5.68. The second-order valence-corrected chi connectivity index (χ2v) is 7.16. The molecule has 0 bridgehead atoms. The summed E-state index contributed by atoms with van der Waals surface area (Å²) in [6.45, 7) is 4.69. The third-order valence-corrected chi connectivity index (χ3v) is 5.55. The van der Waals surface area contributed by atoms with Gasteiger partial charge in [-0.05, 0) is 49.1 Å². The molecule has 22 heavy (non-hydrogen) atoms. The van der Waals surface area contributed by atoms with Crippen molar-refractivity contribution in [2.45, 2.75) is 57.8 Å². The number of nitrogen functional groups attached to an aromatic ring is 1. The molecule has 0 radical (unpaired) electrons. The number of methoxy groups -OCH3 is 1. The highest BCUT2D eigenvalue weighted by atomic mass is 16.5. The maximum absolute atomic E-state index is 6.22. The summed E-state index contributed by atoms with van der Waals surface area (Å²) in [6.07, 6.45) is 9.29. The Morgan fingerprint density at radius 3 is 2.36 bits per heavy atom. The zero-order chi connectivity index (χ0) is 15.5. The molecule has 1 aliphatic heterocycles. The van der Waals surface area contributed by atoms with Crippen molar-refractivity contribution in [3.63, 3.8) is 0 Å². The maximum atomic E-state index is 6.22. The van der Waals surface area contributed by atoms with Gasteiger partial charge in [0.2, 0.25) is 0 Å². The average Bonchev–Trinajstić information content (AvgIpc) is 2.56. The van der Waals surface area contributed by atoms with Crippen molar-refractivity contribution >= 4 is 11.4 Å². The van der Waals surface area contributed by atoms with Crippen LogP contribution in [0.5, 0.6) is 5.75 Å². The monoisotopic (exact) mass is 302 g/mol. The number of nitrogens with zero attached hydrogens (tertiary/aromatic N) is 1. The molecule has 2 aliphatic rings. The van der Waals surface area contributed by atoms with Crippen molar-refractivity contribution in [3.05, 3.63) is 17.7 Å². The first-order valence-electron chi connectivity index (χ1n) is 8.91. The molecule has 3 nitrogen and oxygen atoms in total. The van der Waals surface area contributed by atoms with E-state index in [2.05, 4.69) is 24.0 Å². The Morgan fingerprint density at radius 1 is 1.05 bits per heavy atom. The van der Waals surface area contributed by atoms with Crippen LogP contribution in [0.2, 0.25) is 0 Å². The van der Waals surface area contributed by atoms with Crippen molar-refractivity contribution in [2.75, 3.05) is 30.8 Å². The molecule has 0 amide bonds. The summed E-state index contributed by atoms with van der Waals surface area (Å²) in [4.78, 5) is 2.56. The minimum atomic E-state index is 0.677. The van der Waals surface area contributed by atoms with E-state index in [4.69, 9.17) is 10.5 Å². The first-order chi connectivity index (χ1) is 10.7. The fourth-order valence-corrected chi connectivity index (χ4v) is 4.04. The van der Waals surface area contributed by atoms with Crippen LogP contribution in [0.15, 0.2) is 12.1 Å². The second-order valence-electron chi connectivity index (χ2n) is 7.16. The molecule has 0 spiro atoms. The van der Waals surface area contributed by atoms with Gasteiger partial charge in [-0.3, -0.25) is 0 Å². The Morgan fingerprint density at radius 2 is 1.73 bits per heavy atom. The zero-order valence-corrected chi connectivity index (χ0v) is 14.1. The van der Waals surface area contributed by atoms with Crippen molar-refractivity contribution in [1.29, 1.82) is 0 Å². The minimum Gasteiger partial charge on any atom is -0.495 e. The molecule has 0 atom stereocenters. The highest BCUT2D eigenvalue weighted by Gasteiger charge is 2.25. The summed E-state index contributed by atoms with van der Waals surface area (Å²) in [7, 11) is 1.72. The first-order valence-corrected chi connectivity index (χ1v) is 8.91.